The first kappa shape index (κ1) is 12.7. The van der Waals surface area contributed by atoms with Crippen LogP contribution in [0.4, 0.5) is 4.79 Å². The second-order valence-corrected chi connectivity index (χ2v) is 4.33. The molecule has 2 N–H and O–H groups in total. The van der Waals surface area contributed by atoms with Crippen LogP contribution in [-0.4, -0.2) is 48.4 Å². The Bertz CT molecular complexity index is 383. The maximum atomic E-state index is 10.9. The van der Waals surface area contributed by atoms with Gasteiger partial charge in [0.15, 0.2) is 0 Å². The number of hydrogen-bond donors (Lipinski definition) is 2. The summed E-state index contributed by atoms with van der Waals surface area (Å²) in [6, 6.07) is 9.81. The molecule has 5 nitrogen and oxygen atoms in total. The molecule has 1 saturated heterocycles. The number of benzene rings is 1. The number of ether oxygens (including phenoxy) is 1. The number of piperazine rings is 1. The Morgan fingerprint density at radius 2 is 2.22 bits per heavy atom. The van der Waals surface area contributed by atoms with E-state index in [1.54, 1.807) is 0 Å². The van der Waals surface area contributed by atoms with Gasteiger partial charge in [0.1, 0.15) is 5.75 Å². The Morgan fingerprint density at radius 1 is 1.44 bits per heavy atom. The van der Waals surface area contributed by atoms with Crippen molar-refractivity contribution >= 4 is 6.09 Å². The fourth-order valence-electron chi connectivity index (χ4n) is 2.03. The van der Waals surface area contributed by atoms with Gasteiger partial charge >= 0.3 is 6.09 Å². The third-order valence-electron chi connectivity index (χ3n) is 3.00. The Hall–Kier alpha value is -1.75. The van der Waals surface area contributed by atoms with Crippen LogP contribution >= 0.6 is 0 Å². The van der Waals surface area contributed by atoms with Gasteiger partial charge in [0.2, 0.25) is 0 Å². The minimum Gasteiger partial charge on any atom is -0.494 e. The molecule has 0 aliphatic carbocycles. The summed E-state index contributed by atoms with van der Waals surface area (Å²) in [5.74, 6) is 0.850. The lowest BCUT2D eigenvalue weighted by Gasteiger charge is -2.31. The molecule has 0 aromatic heterocycles. The van der Waals surface area contributed by atoms with Crippen molar-refractivity contribution < 1.29 is 14.6 Å². The van der Waals surface area contributed by atoms with Crippen molar-refractivity contribution in [3.63, 3.8) is 0 Å². The normalized spacial score (nSPS) is 19.6. The quantitative estimate of drug-likeness (QED) is 0.848. The van der Waals surface area contributed by atoms with Crippen LogP contribution in [0.25, 0.3) is 0 Å². The van der Waals surface area contributed by atoms with Gasteiger partial charge in [-0.15, -0.1) is 0 Å². The fourth-order valence-corrected chi connectivity index (χ4v) is 2.03. The topological polar surface area (TPSA) is 61.8 Å². The molecule has 5 heteroatoms. The number of para-hydroxylation sites is 1. The lowest BCUT2D eigenvalue weighted by Crippen LogP contribution is -2.52. The Morgan fingerprint density at radius 3 is 2.94 bits per heavy atom. The van der Waals surface area contributed by atoms with Crippen molar-refractivity contribution in [3.8, 4) is 5.75 Å². The zero-order chi connectivity index (χ0) is 12.8. The Balaban J connectivity index is 1.72. The molecule has 2 rings (SSSR count). The second-order valence-electron chi connectivity index (χ2n) is 4.33. The Kier molecular flexibility index (Phi) is 4.41. The number of nitrogens with one attached hydrogen (secondary N) is 1. The highest BCUT2D eigenvalue weighted by Gasteiger charge is 2.22. The van der Waals surface area contributed by atoms with Crippen molar-refractivity contribution in [1.82, 2.24) is 10.2 Å². The first-order valence-corrected chi connectivity index (χ1v) is 6.15. The summed E-state index contributed by atoms with van der Waals surface area (Å²) >= 11 is 0. The van der Waals surface area contributed by atoms with Crippen LogP contribution in [0, 0.1) is 0 Å². The largest absolute Gasteiger partial charge is 0.494 e. The standard InChI is InChI=1S/C13H18N2O3/c16-13(17)15-8-7-14-11(10-15)6-9-18-12-4-2-1-3-5-12/h1-5,11,14H,6-10H2,(H,16,17)/t11-/m1/s1. The van der Waals surface area contributed by atoms with E-state index in [4.69, 9.17) is 9.84 Å². The van der Waals surface area contributed by atoms with Gasteiger partial charge in [0.05, 0.1) is 6.61 Å². The van der Waals surface area contributed by atoms with E-state index in [1.807, 2.05) is 30.3 Å². The number of hydrogen-bond acceptors (Lipinski definition) is 3. The van der Waals surface area contributed by atoms with Crippen LogP contribution in [-0.2, 0) is 0 Å². The van der Waals surface area contributed by atoms with Gasteiger partial charge in [-0.1, -0.05) is 18.2 Å². The van der Waals surface area contributed by atoms with Crippen molar-refractivity contribution in [1.29, 1.82) is 0 Å². The maximum Gasteiger partial charge on any atom is 0.407 e. The van der Waals surface area contributed by atoms with E-state index in [-0.39, 0.29) is 6.04 Å². The van der Waals surface area contributed by atoms with Crippen LogP contribution in [0.2, 0.25) is 0 Å². The van der Waals surface area contributed by atoms with E-state index in [1.165, 1.54) is 4.90 Å². The van der Waals surface area contributed by atoms with Gasteiger partial charge in [-0.05, 0) is 18.6 Å². The predicted molar refractivity (Wildman–Crippen MR) is 67.9 cm³/mol. The SMILES string of the molecule is O=C(O)N1CCN[C@H](CCOc2ccccc2)C1. The highest BCUT2D eigenvalue weighted by Crippen LogP contribution is 2.10. The fraction of sp³-hybridized carbons (Fsp3) is 0.462. The Labute approximate surface area is 106 Å². The van der Waals surface area contributed by atoms with Crippen molar-refractivity contribution in [2.24, 2.45) is 0 Å². The highest BCUT2D eigenvalue weighted by molar-refractivity contribution is 5.65. The molecule has 98 valence electrons. The summed E-state index contributed by atoms with van der Waals surface area (Å²) in [5, 5.41) is 12.2. The average Bonchev–Trinajstić information content (AvgIpc) is 2.40. The minimum absolute atomic E-state index is 0.179. The number of carbonyl (C=O) groups is 1. The molecule has 1 aromatic carbocycles. The number of rotatable bonds is 4. The number of carboxylic acid groups (broad SMARTS) is 1. The van der Waals surface area contributed by atoms with Crippen LogP contribution in [0.3, 0.4) is 0 Å². The first-order chi connectivity index (χ1) is 8.75. The molecule has 0 spiro atoms. The van der Waals surface area contributed by atoms with Crippen LogP contribution in [0.5, 0.6) is 5.75 Å². The van der Waals surface area contributed by atoms with Gasteiger partial charge in [0, 0.05) is 25.7 Å². The molecule has 1 aliphatic heterocycles. The smallest absolute Gasteiger partial charge is 0.407 e. The highest BCUT2D eigenvalue weighted by atomic mass is 16.5. The molecule has 0 radical (unpaired) electrons. The van der Waals surface area contributed by atoms with E-state index in [2.05, 4.69) is 5.32 Å². The van der Waals surface area contributed by atoms with Crippen molar-refractivity contribution in [2.45, 2.75) is 12.5 Å². The molecular weight excluding hydrogens is 232 g/mol. The number of amides is 1. The van der Waals surface area contributed by atoms with Crippen LogP contribution in [0.15, 0.2) is 30.3 Å². The average molecular weight is 250 g/mol. The van der Waals surface area contributed by atoms with E-state index in [9.17, 15) is 4.79 Å². The predicted octanol–water partition coefficient (Wildman–Crippen LogP) is 1.41. The zero-order valence-corrected chi connectivity index (χ0v) is 10.2. The van der Waals surface area contributed by atoms with E-state index in [0.717, 1.165) is 12.2 Å². The van der Waals surface area contributed by atoms with Gasteiger partial charge in [-0.3, -0.25) is 0 Å². The van der Waals surface area contributed by atoms with Gasteiger partial charge in [-0.2, -0.15) is 0 Å². The van der Waals surface area contributed by atoms with E-state index >= 15 is 0 Å². The van der Waals surface area contributed by atoms with Crippen LogP contribution in [0.1, 0.15) is 6.42 Å². The summed E-state index contributed by atoms with van der Waals surface area (Å²) in [4.78, 5) is 12.3. The van der Waals surface area contributed by atoms with Gasteiger partial charge in [0.25, 0.3) is 0 Å². The van der Waals surface area contributed by atoms with Gasteiger partial charge < -0.3 is 20.1 Å². The summed E-state index contributed by atoms with van der Waals surface area (Å²) in [6.07, 6.45) is -0.0379. The third kappa shape index (κ3) is 3.63. The monoisotopic (exact) mass is 250 g/mol. The van der Waals surface area contributed by atoms with Crippen molar-refractivity contribution in [2.75, 3.05) is 26.2 Å². The molecule has 0 unspecified atom stereocenters. The van der Waals surface area contributed by atoms with E-state index < -0.39 is 6.09 Å². The lowest BCUT2D eigenvalue weighted by molar-refractivity contribution is 0.124. The van der Waals surface area contributed by atoms with Crippen molar-refractivity contribution in [3.05, 3.63) is 30.3 Å². The number of nitrogens with zero attached hydrogens (tertiary/aromatic N) is 1. The summed E-state index contributed by atoms with van der Waals surface area (Å²) < 4.78 is 5.60. The molecule has 0 bridgehead atoms. The molecule has 1 atom stereocenters. The van der Waals surface area contributed by atoms with Gasteiger partial charge in [-0.25, -0.2) is 4.79 Å². The first-order valence-electron chi connectivity index (χ1n) is 6.15. The molecule has 18 heavy (non-hydrogen) atoms. The molecule has 1 heterocycles. The molecule has 1 aliphatic rings. The molecule has 1 fully saturated rings. The molecule has 1 aromatic rings. The molecule has 0 saturated carbocycles. The third-order valence-corrected chi connectivity index (χ3v) is 3.00. The minimum atomic E-state index is -0.842. The lowest BCUT2D eigenvalue weighted by atomic mass is 10.1. The van der Waals surface area contributed by atoms with E-state index in [0.29, 0.717) is 26.2 Å². The zero-order valence-electron chi connectivity index (χ0n) is 10.2. The molecular formula is C13H18N2O3. The summed E-state index contributed by atoms with van der Waals surface area (Å²) in [6.45, 7) is 2.40. The second kappa shape index (κ2) is 6.26. The maximum absolute atomic E-state index is 10.9. The summed E-state index contributed by atoms with van der Waals surface area (Å²) in [7, 11) is 0. The van der Waals surface area contributed by atoms with Crippen LogP contribution < -0.4 is 10.1 Å². The summed E-state index contributed by atoms with van der Waals surface area (Å²) in [5.41, 5.74) is 0. The molecule has 1 amide bonds.